The van der Waals surface area contributed by atoms with Crippen LogP contribution in [0.15, 0.2) is 53.4 Å². The molecule has 0 radical (unpaired) electrons. The first-order valence-corrected chi connectivity index (χ1v) is 10.5. The molecule has 0 saturated carbocycles. The van der Waals surface area contributed by atoms with Crippen molar-refractivity contribution in [1.82, 2.24) is 9.88 Å². The van der Waals surface area contributed by atoms with E-state index in [1.165, 1.54) is 24.3 Å². The molecule has 140 valence electrons. The molecule has 1 saturated heterocycles. The molecule has 3 aromatic rings. The Labute approximate surface area is 162 Å². The number of hydrogen-bond donors (Lipinski definition) is 2. The highest BCUT2D eigenvalue weighted by Crippen LogP contribution is 2.24. The van der Waals surface area contributed by atoms with Crippen LogP contribution in [0, 0.1) is 0 Å². The van der Waals surface area contributed by atoms with E-state index in [9.17, 15) is 13.2 Å². The van der Waals surface area contributed by atoms with E-state index in [2.05, 4.69) is 9.71 Å². The van der Waals surface area contributed by atoms with Crippen molar-refractivity contribution in [2.45, 2.75) is 17.7 Å². The molecule has 2 aromatic carbocycles. The number of rotatable bonds is 4. The normalized spacial score (nSPS) is 14.6. The molecular formula is C19H18ClN3O3S. The van der Waals surface area contributed by atoms with Gasteiger partial charge < -0.3 is 9.88 Å². The van der Waals surface area contributed by atoms with E-state index in [-0.39, 0.29) is 10.8 Å². The number of fused-ring (bicyclic) bond motifs is 1. The summed E-state index contributed by atoms with van der Waals surface area (Å²) in [6, 6.07) is 12.9. The van der Waals surface area contributed by atoms with Crippen LogP contribution in [0.25, 0.3) is 10.9 Å². The quantitative estimate of drug-likeness (QED) is 0.693. The maximum Gasteiger partial charge on any atom is 0.270 e. The third kappa shape index (κ3) is 3.65. The van der Waals surface area contributed by atoms with Crippen LogP contribution in [-0.2, 0) is 10.0 Å². The minimum atomic E-state index is -3.72. The molecule has 1 fully saturated rings. The van der Waals surface area contributed by atoms with E-state index in [0.29, 0.717) is 16.4 Å². The van der Waals surface area contributed by atoms with Gasteiger partial charge in [0.05, 0.1) is 4.90 Å². The number of carbonyl (C=O) groups excluding carboxylic acids is 1. The highest BCUT2D eigenvalue weighted by atomic mass is 35.5. The van der Waals surface area contributed by atoms with Crippen molar-refractivity contribution in [1.29, 1.82) is 0 Å². The number of nitrogens with zero attached hydrogens (tertiary/aromatic N) is 1. The second-order valence-electron chi connectivity index (χ2n) is 6.54. The number of carbonyl (C=O) groups is 1. The molecule has 6 nitrogen and oxygen atoms in total. The molecule has 1 amide bonds. The van der Waals surface area contributed by atoms with Gasteiger partial charge in [-0.05, 0) is 61.4 Å². The first kappa shape index (κ1) is 17.9. The smallest absolute Gasteiger partial charge is 0.270 e. The third-order valence-corrected chi connectivity index (χ3v) is 6.27. The zero-order valence-electron chi connectivity index (χ0n) is 14.4. The number of H-pyrrole nitrogens is 1. The van der Waals surface area contributed by atoms with Crippen molar-refractivity contribution < 1.29 is 13.2 Å². The van der Waals surface area contributed by atoms with E-state index in [1.54, 1.807) is 24.3 Å². The van der Waals surface area contributed by atoms with Crippen LogP contribution in [0.4, 0.5) is 5.69 Å². The van der Waals surface area contributed by atoms with Gasteiger partial charge in [-0.2, -0.15) is 0 Å². The Morgan fingerprint density at radius 1 is 1.04 bits per heavy atom. The number of nitrogens with one attached hydrogen (secondary N) is 2. The summed E-state index contributed by atoms with van der Waals surface area (Å²) in [5.41, 5.74) is 1.73. The Bertz CT molecular complexity index is 1100. The number of sulfonamides is 1. The Hall–Kier alpha value is -2.51. The maximum absolute atomic E-state index is 12.5. The van der Waals surface area contributed by atoms with Crippen LogP contribution in [-0.4, -0.2) is 37.3 Å². The largest absolute Gasteiger partial charge is 0.351 e. The number of aromatic amines is 1. The summed E-state index contributed by atoms with van der Waals surface area (Å²) in [6.45, 7) is 1.56. The van der Waals surface area contributed by atoms with E-state index >= 15 is 0 Å². The minimum Gasteiger partial charge on any atom is -0.351 e. The summed E-state index contributed by atoms with van der Waals surface area (Å²) >= 11 is 5.81. The molecular weight excluding hydrogens is 386 g/mol. The lowest BCUT2D eigenvalue weighted by molar-refractivity contribution is 0.0788. The van der Waals surface area contributed by atoms with E-state index in [0.717, 1.165) is 36.8 Å². The lowest BCUT2D eigenvalue weighted by Gasteiger charge is -2.13. The number of amides is 1. The summed E-state index contributed by atoms with van der Waals surface area (Å²) in [5, 5.41) is 1.24. The highest BCUT2D eigenvalue weighted by Gasteiger charge is 2.21. The fourth-order valence-electron chi connectivity index (χ4n) is 3.23. The number of aromatic nitrogens is 1. The number of likely N-dealkylation sites (tertiary alicyclic amines) is 1. The van der Waals surface area contributed by atoms with Crippen molar-refractivity contribution in [2.24, 2.45) is 0 Å². The van der Waals surface area contributed by atoms with Crippen molar-refractivity contribution in [3.05, 3.63) is 59.2 Å². The van der Waals surface area contributed by atoms with E-state index in [1.807, 2.05) is 4.90 Å². The van der Waals surface area contributed by atoms with Crippen LogP contribution >= 0.6 is 11.6 Å². The molecule has 2 heterocycles. The third-order valence-electron chi connectivity index (χ3n) is 4.62. The second kappa shape index (κ2) is 6.90. The monoisotopic (exact) mass is 403 g/mol. The predicted molar refractivity (Wildman–Crippen MR) is 106 cm³/mol. The molecule has 0 atom stereocenters. The molecule has 8 heteroatoms. The van der Waals surface area contributed by atoms with Gasteiger partial charge >= 0.3 is 0 Å². The summed E-state index contributed by atoms with van der Waals surface area (Å²) in [6.07, 6.45) is 2.06. The molecule has 27 heavy (non-hydrogen) atoms. The Morgan fingerprint density at radius 2 is 1.74 bits per heavy atom. The summed E-state index contributed by atoms with van der Waals surface area (Å²) in [5.74, 6) is -0.0213. The Morgan fingerprint density at radius 3 is 2.44 bits per heavy atom. The van der Waals surface area contributed by atoms with Gasteiger partial charge in [0, 0.05) is 34.7 Å². The van der Waals surface area contributed by atoms with Crippen molar-refractivity contribution >= 4 is 44.1 Å². The van der Waals surface area contributed by atoms with Crippen LogP contribution in [0.1, 0.15) is 23.3 Å². The fourth-order valence-corrected chi connectivity index (χ4v) is 4.41. The van der Waals surface area contributed by atoms with Crippen LogP contribution in [0.2, 0.25) is 5.02 Å². The lowest BCUT2D eigenvalue weighted by atomic mass is 10.2. The van der Waals surface area contributed by atoms with Gasteiger partial charge in [0.1, 0.15) is 5.69 Å². The lowest BCUT2D eigenvalue weighted by Crippen LogP contribution is -2.27. The standard InChI is InChI=1S/C19H18ClN3O3S/c20-14-3-6-16(7-4-14)27(25,26)22-15-5-8-17-13(11-15)12-18(21-17)19(24)23-9-1-2-10-23/h3-8,11-12,21-22H,1-2,9-10H2. The number of anilines is 1. The number of benzene rings is 2. The van der Waals surface area contributed by atoms with Crippen molar-refractivity contribution in [2.75, 3.05) is 17.8 Å². The van der Waals surface area contributed by atoms with E-state index in [4.69, 9.17) is 11.6 Å². The maximum atomic E-state index is 12.5. The van der Waals surface area contributed by atoms with Crippen LogP contribution in [0.3, 0.4) is 0 Å². The predicted octanol–water partition coefficient (Wildman–Crippen LogP) is 3.86. The zero-order valence-corrected chi connectivity index (χ0v) is 16.0. The van der Waals surface area contributed by atoms with Gasteiger partial charge in [0.25, 0.3) is 15.9 Å². The average Bonchev–Trinajstić information content (AvgIpc) is 3.30. The Kier molecular flexibility index (Phi) is 4.57. The summed E-state index contributed by atoms with van der Waals surface area (Å²) in [4.78, 5) is 17.6. The molecule has 0 unspecified atom stereocenters. The van der Waals surface area contributed by atoms with Crippen LogP contribution in [0.5, 0.6) is 0 Å². The topological polar surface area (TPSA) is 82.3 Å². The van der Waals surface area contributed by atoms with Crippen molar-refractivity contribution in [3.8, 4) is 0 Å². The molecule has 1 aliphatic rings. The van der Waals surface area contributed by atoms with Gasteiger partial charge in [-0.1, -0.05) is 11.6 Å². The van der Waals surface area contributed by atoms with Gasteiger partial charge in [0.2, 0.25) is 0 Å². The summed E-state index contributed by atoms with van der Waals surface area (Å²) < 4.78 is 27.6. The van der Waals surface area contributed by atoms with Gasteiger partial charge in [0.15, 0.2) is 0 Å². The molecule has 1 aromatic heterocycles. The van der Waals surface area contributed by atoms with E-state index < -0.39 is 10.0 Å². The van der Waals surface area contributed by atoms with Gasteiger partial charge in [-0.15, -0.1) is 0 Å². The molecule has 4 rings (SSSR count). The summed E-state index contributed by atoms with van der Waals surface area (Å²) in [7, 11) is -3.72. The SMILES string of the molecule is O=C(c1cc2cc(NS(=O)(=O)c3ccc(Cl)cc3)ccc2[nH]1)N1CCCC1. The average molecular weight is 404 g/mol. The Balaban J connectivity index is 1.59. The van der Waals surface area contributed by atoms with Crippen molar-refractivity contribution in [3.63, 3.8) is 0 Å². The molecule has 2 N–H and O–H groups in total. The molecule has 1 aliphatic heterocycles. The zero-order chi connectivity index (χ0) is 19.0. The van der Waals surface area contributed by atoms with Gasteiger partial charge in [-0.25, -0.2) is 8.42 Å². The minimum absolute atomic E-state index is 0.0213. The fraction of sp³-hybridized carbons (Fsp3) is 0.211. The first-order valence-electron chi connectivity index (χ1n) is 8.63. The second-order valence-corrected chi connectivity index (χ2v) is 8.66. The number of halogens is 1. The molecule has 0 aliphatic carbocycles. The van der Waals surface area contributed by atoms with Gasteiger partial charge in [-0.3, -0.25) is 9.52 Å². The molecule has 0 bridgehead atoms. The molecule has 0 spiro atoms. The number of hydrogen-bond acceptors (Lipinski definition) is 3. The first-order chi connectivity index (χ1) is 12.9. The van der Waals surface area contributed by atoms with Crippen LogP contribution < -0.4 is 4.72 Å². The highest BCUT2D eigenvalue weighted by molar-refractivity contribution is 7.92.